The molecule has 2 amide bonds. The minimum absolute atomic E-state index is 0.0634. The molecule has 2 heterocycles. The van der Waals surface area contributed by atoms with Gasteiger partial charge in [-0.05, 0) is 37.6 Å². The molecule has 1 aliphatic heterocycles. The van der Waals surface area contributed by atoms with E-state index in [1.165, 1.54) is 12.3 Å². The highest BCUT2D eigenvalue weighted by Crippen LogP contribution is 2.31. The quantitative estimate of drug-likeness (QED) is 0.633. The predicted octanol–water partition coefficient (Wildman–Crippen LogP) is 4.20. The van der Waals surface area contributed by atoms with Crippen LogP contribution in [-0.2, 0) is 11.0 Å². The largest absolute Gasteiger partial charge is 0.469 e. The van der Waals surface area contributed by atoms with Crippen molar-refractivity contribution in [2.45, 2.75) is 32.9 Å². The Balaban J connectivity index is 1.54. The lowest BCUT2D eigenvalue weighted by Gasteiger charge is -2.36. The molecule has 0 bridgehead atoms. The van der Waals surface area contributed by atoms with Gasteiger partial charge >= 0.3 is 6.18 Å². The van der Waals surface area contributed by atoms with E-state index in [1.54, 1.807) is 28.9 Å². The van der Waals surface area contributed by atoms with E-state index in [-0.39, 0.29) is 18.2 Å². The number of anilines is 1. The monoisotopic (exact) mass is 451 g/mol. The summed E-state index contributed by atoms with van der Waals surface area (Å²) < 4.78 is 44.1. The molecule has 0 spiro atoms. The van der Waals surface area contributed by atoms with Crippen molar-refractivity contribution in [2.75, 3.05) is 44.2 Å². The third-order valence-corrected chi connectivity index (χ3v) is 5.64. The van der Waals surface area contributed by atoms with Gasteiger partial charge in [-0.15, -0.1) is 0 Å². The molecule has 1 aliphatic rings. The minimum Gasteiger partial charge on any atom is -0.469 e. The van der Waals surface area contributed by atoms with Crippen molar-refractivity contribution >= 4 is 17.5 Å². The number of carbonyl (C=O) groups excluding carboxylic acids is 2. The topological polar surface area (TPSA) is 57.0 Å². The number of carbonyl (C=O) groups is 2. The average Bonchev–Trinajstić information content (AvgIpc) is 3.21. The highest BCUT2D eigenvalue weighted by Gasteiger charge is 2.31. The van der Waals surface area contributed by atoms with E-state index in [0.29, 0.717) is 56.3 Å². The second kappa shape index (κ2) is 10.1. The van der Waals surface area contributed by atoms with Crippen LogP contribution in [0.5, 0.6) is 0 Å². The minimum atomic E-state index is -4.38. The zero-order valence-electron chi connectivity index (χ0n) is 18.3. The van der Waals surface area contributed by atoms with Crippen molar-refractivity contribution in [3.8, 4) is 0 Å². The van der Waals surface area contributed by atoms with Crippen LogP contribution in [0.15, 0.2) is 41.0 Å². The van der Waals surface area contributed by atoms with Crippen LogP contribution in [0.2, 0.25) is 0 Å². The Morgan fingerprint density at radius 3 is 2.41 bits per heavy atom. The van der Waals surface area contributed by atoms with Gasteiger partial charge < -0.3 is 19.1 Å². The van der Waals surface area contributed by atoms with Gasteiger partial charge in [0.25, 0.3) is 5.91 Å². The Labute approximate surface area is 185 Å². The molecule has 0 saturated carbocycles. The number of amides is 2. The Morgan fingerprint density at radius 2 is 1.81 bits per heavy atom. The van der Waals surface area contributed by atoms with Crippen molar-refractivity contribution in [3.63, 3.8) is 0 Å². The van der Waals surface area contributed by atoms with E-state index in [2.05, 4.69) is 0 Å². The molecule has 0 N–H and O–H groups in total. The molecule has 3 rings (SSSR count). The Bertz CT molecular complexity index is 934. The van der Waals surface area contributed by atoms with Crippen LogP contribution in [0.3, 0.4) is 0 Å². The smallest absolute Gasteiger partial charge is 0.416 e. The zero-order valence-corrected chi connectivity index (χ0v) is 18.3. The first-order chi connectivity index (χ1) is 15.2. The van der Waals surface area contributed by atoms with Gasteiger partial charge in [0, 0.05) is 51.4 Å². The van der Waals surface area contributed by atoms with E-state index in [9.17, 15) is 22.8 Å². The number of hydrogen-bond acceptors (Lipinski definition) is 4. The summed E-state index contributed by atoms with van der Waals surface area (Å²) in [4.78, 5) is 30.7. The third-order valence-electron chi connectivity index (χ3n) is 5.64. The van der Waals surface area contributed by atoms with E-state index in [0.717, 1.165) is 18.6 Å². The van der Waals surface area contributed by atoms with Crippen molar-refractivity contribution in [3.05, 3.63) is 53.5 Å². The number of halogens is 3. The summed E-state index contributed by atoms with van der Waals surface area (Å²) in [5.41, 5.74) is 0.324. The van der Waals surface area contributed by atoms with Gasteiger partial charge in [-0.1, -0.05) is 13.0 Å². The van der Waals surface area contributed by atoms with Gasteiger partial charge in [0.2, 0.25) is 5.91 Å². The van der Waals surface area contributed by atoms with Crippen LogP contribution in [0.4, 0.5) is 18.9 Å². The first kappa shape index (κ1) is 23.7. The average molecular weight is 451 g/mol. The van der Waals surface area contributed by atoms with Crippen LogP contribution in [0.25, 0.3) is 0 Å². The number of rotatable bonds is 7. The molecule has 1 saturated heterocycles. The van der Waals surface area contributed by atoms with Crippen LogP contribution in [0.1, 0.15) is 41.4 Å². The normalized spacial score (nSPS) is 14.5. The number of nitrogens with zero attached hydrogens (tertiary/aromatic N) is 3. The molecule has 1 fully saturated rings. The van der Waals surface area contributed by atoms with Crippen molar-refractivity contribution in [1.82, 2.24) is 9.80 Å². The van der Waals surface area contributed by atoms with Gasteiger partial charge in [-0.3, -0.25) is 9.59 Å². The second-order valence-corrected chi connectivity index (χ2v) is 7.85. The Morgan fingerprint density at radius 1 is 1.09 bits per heavy atom. The van der Waals surface area contributed by atoms with Gasteiger partial charge in [-0.2, -0.15) is 13.2 Å². The molecule has 2 aromatic rings. The van der Waals surface area contributed by atoms with E-state index in [1.807, 2.05) is 11.8 Å². The molecule has 32 heavy (non-hydrogen) atoms. The first-order valence-corrected chi connectivity index (χ1v) is 10.7. The number of alkyl halides is 3. The molecule has 0 atom stereocenters. The molecule has 1 aromatic carbocycles. The summed E-state index contributed by atoms with van der Waals surface area (Å²) in [5.74, 6) is 0.333. The standard InChI is InChI=1S/C23H28F3N3O3/c1-3-9-29(22(31)20-8-15-32-17(20)2)10-7-21(30)28-13-11-27(12-14-28)19-6-4-5-18(16-19)23(24,25)26/h4-6,8,15-16H,3,7,9-14H2,1-2H3. The number of piperazine rings is 1. The molecule has 174 valence electrons. The van der Waals surface area contributed by atoms with E-state index >= 15 is 0 Å². The lowest BCUT2D eigenvalue weighted by molar-refractivity contribution is -0.137. The number of furan rings is 1. The predicted molar refractivity (Wildman–Crippen MR) is 114 cm³/mol. The summed E-state index contributed by atoms with van der Waals surface area (Å²) >= 11 is 0. The SMILES string of the molecule is CCCN(CCC(=O)N1CCN(c2cccc(C(F)(F)F)c2)CC1)C(=O)c1ccoc1C. The summed E-state index contributed by atoms with van der Waals surface area (Å²) in [6.45, 7) is 6.32. The Hall–Kier alpha value is -2.97. The van der Waals surface area contributed by atoms with Gasteiger partial charge in [0.15, 0.2) is 0 Å². The molecule has 6 nitrogen and oxygen atoms in total. The number of benzene rings is 1. The summed E-state index contributed by atoms with van der Waals surface area (Å²) in [6.07, 6.45) is -1.94. The first-order valence-electron chi connectivity index (χ1n) is 10.7. The fraction of sp³-hybridized carbons (Fsp3) is 0.478. The summed E-state index contributed by atoms with van der Waals surface area (Å²) in [5, 5.41) is 0. The van der Waals surface area contributed by atoms with Gasteiger partial charge in [0.1, 0.15) is 5.76 Å². The Kier molecular flexibility index (Phi) is 7.48. The highest BCUT2D eigenvalue weighted by molar-refractivity contribution is 5.95. The maximum Gasteiger partial charge on any atom is 0.416 e. The van der Waals surface area contributed by atoms with Crippen LogP contribution < -0.4 is 4.90 Å². The van der Waals surface area contributed by atoms with Crippen molar-refractivity contribution in [1.29, 1.82) is 0 Å². The van der Waals surface area contributed by atoms with Crippen LogP contribution in [0, 0.1) is 6.92 Å². The molecule has 0 aliphatic carbocycles. The maximum atomic E-state index is 13.0. The van der Waals surface area contributed by atoms with Crippen LogP contribution in [-0.4, -0.2) is 60.9 Å². The second-order valence-electron chi connectivity index (χ2n) is 7.85. The fourth-order valence-corrected chi connectivity index (χ4v) is 3.84. The number of aryl methyl sites for hydroxylation is 1. The van der Waals surface area contributed by atoms with Gasteiger partial charge in [0.05, 0.1) is 17.4 Å². The molecule has 9 heteroatoms. The van der Waals surface area contributed by atoms with Crippen molar-refractivity contribution < 1.29 is 27.2 Å². The lowest BCUT2D eigenvalue weighted by Crippen LogP contribution is -2.49. The molecule has 1 aromatic heterocycles. The number of hydrogen-bond donors (Lipinski definition) is 0. The molecular formula is C23H28F3N3O3. The molecule has 0 radical (unpaired) electrons. The lowest BCUT2D eigenvalue weighted by atomic mass is 10.1. The van der Waals surface area contributed by atoms with E-state index < -0.39 is 11.7 Å². The third kappa shape index (κ3) is 5.63. The fourth-order valence-electron chi connectivity index (χ4n) is 3.84. The van der Waals surface area contributed by atoms with Crippen LogP contribution >= 0.6 is 0 Å². The maximum absolute atomic E-state index is 13.0. The van der Waals surface area contributed by atoms with Gasteiger partial charge in [-0.25, -0.2) is 0 Å². The summed E-state index contributed by atoms with van der Waals surface area (Å²) in [7, 11) is 0. The molecule has 0 unspecified atom stereocenters. The zero-order chi connectivity index (χ0) is 23.3. The molecular weight excluding hydrogens is 423 g/mol. The van der Waals surface area contributed by atoms with E-state index in [4.69, 9.17) is 4.42 Å². The van der Waals surface area contributed by atoms with Crippen molar-refractivity contribution in [2.24, 2.45) is 0 Å². The highest BCUT2D eigenvalue weighted by atomic mass is 19.4. The summed E-state index contributed by atoms with van der Waals surface area (Å²) in [6, 6.07) is 6.88.